The molecular weight excluding hydrogens is 709 g/mol. The standard InChI is InChI=1S/C21H17N2.C17H26O2.Ir/c1-13-8-7-11-17-14(2)12-18-20(16-9-5-4-6-10-16)22-15(3)23-21(18)19(13)17;1-16(2,3)14(18)7-15(19)17-8-11-4-12(9-17)6-13(5-11)10-17;/h4-9,11-12H,1-3H3;7,11-13,19H,4-6,8-10H2,1-3H3;/q-1;;/b;15-7-;. The molecule has 4 saturated carbocycles. The molecule has 0 atom stereocenters. The summed E-state index contributed by atoms with van der Waals surface area (Å²) in [5.41, 5.74) is 5.06. The largest absolute Gasteiger partial charge is 0.512 e. The van der Waals surface area contributed by atoms with E-state index in [9.17, 15) is 9.90 Å². The van der Waals surface area contributed by atoms with Gasteiger partial charge in [-0.1, -0.05) is 45.0 Å². The maximum atomic E-state index is 12.1. The number of allylic oxidation sites excluding steroid dienone is 2. The van der Waals surface area contributed by atoms with Crippen LogP contribution in [0.25, 0.3) is 32.9 Å². The number of carbonyl (C=O) groups is 1. The van der Waals surface area contributed by atoms with Crippen LogP contribution in [-0.4, -0.2) is 20.9 Å². The molecule has 4 bridgehead atoms. The number of aliphatic hydroxyl groups excluding tert-OH is 1. The molecule has 0 spiro atoms. The number of nitrogens with zero attached hydrogens (tertiary/aromatic N) is 2. The molecule has 43 heavy (non-hydrogen) atoms. The number of benzene rings is 3. The van der Waals surface area contributed by atoms with Crippen LogP contribution >= 0.6 is 0 Å². The second-order valence-electron chi connectivity index (χ2n) is 14.3. The summed E-state index contributed by atoms with van der Waals surface area (Å²) in [5.74, 6) is 3.63. The van der Waals surface area contributed by atoms with E-state index in [1.54, 1.807) is 6.08 Å². The van der Waals surface area contributed by atoms with Crippen molar-refractivity contribution in [3.63, 3.8) is 0 Å². The third kappa shape index (κ3) is 6.08. The van der Waals surface area contributed by atoms with Crippen molar-refractivity contribution in [1.29, 1.82) is 0 Å². The first kappa shape index (κ1) is 31.5. The van der Waals surface area contributed by atoms with Crippen molar-refractivity contribution < 1.29 is 30.0 Å². The Labute approximate surface area is 269 Å². The van der Waals surface area contributed by atoms with E-state index in [2.05, 4.69) is 50.2 Å². The van der Waals surface area contributed by atoms with Gasteiger partial charge < -0.3 is 5.11 Å². The van der Waals surface area contributed by atoms with Gasteiger partial charge in [0, 0.05) is 42.4 Å². The first-order valence-corrected chi connectivity index (χ1v) is 15.5. The average molecular weight is 752 g/mol. The van der Waals surface area contributed by atoms with E-state index in [-0.39, 0.29) is 31.3 Å². The van der Waals surface area contributed by atoms with E-state index in [4.69, 9.17) is 9.97 Å². The fourth-order valence-electron chi connectivity index (χ4n) is 8.18. The molecule has 0 saturated heterocycles. The van der Waals surface area contributed by atoms with E-state index >= 15 is 0 Å². The normalized spacial score (nSPS) is 24.4. The number of rotatable bonds is 3. The molecule has 0 aliphatic heterocycles. The van der Waals surface area contributed by atoms with Crippen LogP contribution < -0.4 is 0 Å². The van der Waals surface area contributed by atoms with Crippen LogP contribution in [0.4, 0.5) is 0 Å². The molecule has 4 fully saturated rings. The summed E-state index contributed by atoms with van der Waals surface area (Å²) in [4.78, 5) is 21.6. The number of hydrogen-bond acceptors (Lipinski definition) is 4. The molecule has 227 valence electrons. The number of aromatic nitrogens is 2. The Hall–Kier alpha value is -2.88. The van der Waals surface area contributed by atoms with E-state index in [0.717, 1.165) is 65.0 Å². The Kier molecular flexibility index (Phi) is 8.73. The predicted molar refractivity (Wildman–Crippen MR) is 171 cm³/mol. The summed E-state index contributed by atoms with van der Waals surface area (Å²) >= 11 is 0. The van der Waals surface area contributed by atoms with Crippen molar-refractivity contribution >= 4 is 27.5 Å². The summed E-state index contributed by atoms with van der Waals surface area (Å²) in [7, 11) is 0. The maximum Gasteiger partial charge on any atom is 0.164 e. The Morgan fingerprint density at radius 1 is 0.907 bits per heavy atom. The zero-order valence-corrected chi connectivity index (χ0v) is 28.6. The van der Waals surface area contributed by atoms with E-state index in [1.165, 1.54) is 41.2 Å². The summed E-state index contributed by atoms with van der Waals surface area (Å²) in [6.45, 7) is 12.0. The second-order valence-corrected chi connectivity index (χ2v) is 14.3. The molecule has 0 unspecified atom stereocenters. The van der Waals surface area contributed by atoms with Gasteiger partial charge >= 0.3 is 0 Å². The van der Waals surface area contributed by atoms with Crippen LogP contribution in [0.3, 0.4) is 0 Å². The van der Waals surface area contributed by atoms with Crippen molar-refractivity contribution in [2.45, 2.75) is 80.1 Å². The molecular formula is C38H43IrN2O2-. The fraction of sp³-hybridized carbons (Fsp3) is 0.447. The monoisotopic (exact) mass is 752 g/mol. The number of aliphatic hydroxyl groups is 1. The van der Waals surface area contributed by atoms with E-state index in [0.29, 0.717) is 5.76 Å². The van der Waals surface area contributed by atoms with Gasteiger partial charge in [-0.3, -0.25) is 9.78 Å². The average Bonchev–Trinajstić information content (AvgIpc) is 2.93. The smallest absolute Gasteiger partial charge is 0.164 e. The van der Waals surface area contributed by atoms with Crippen LogP contribution in [-0.2, 0) is 24.9 Å². The number of ketones is 1. The molecule has 1 aromatic heterocycles. The van der Waals surface area contributed by atoms with Crippen molar-refractivity contribution in [2.75, 3.05) is 0 Å². The molecule has 1 radical (unpaired) electrons. The first-order valence-electron chi connectivity index (χ1n) is 15.5. The number of aryl methyl sites for hydroxylation is 3. The van der Waals surface area contributed by atoms with Gasteiger partial charge in [-0.05, 0) is 105 Å². The molecule has 1 heterocycles. The molecule has 5 heteroatoms. The van der Waals surface area contributed by atoms with Crippen LogP contribution in [0.1, 0.15) is 76.2 Å². The molecule has 3 aromatic carbocycles. The third-order valence-corrected chi connectivity index (χ3v) is 9.91. The fourth-order valence-corrected chi connectivity index (χ4v) is 8.18. The quantitative estimate of drug-likeness (QED) is 0.0981. The summed E-state index contributed by atoms with van der Waals surface area (Å²) in [5, 5.41) is 14.2. The van der Waals surface area contributed by atoms with Crippen molar-refractivity contribution in [2.24, 2.45) is 28.6 Å². The second kappa shape index (κ2) is 11.9. The van der Waals surface area contributed by atoms with E-state index < -0.39 is 5.41 Å². The van der Waals surface area contributed by atoms with Crippen LogP contribution in [0.15, 0.2) is 60.4 Å². The Morgan fingerprint density at radius 2 is 1.56 bits per heavy atom. The maximum absolute atomic E-state index is 12.1. The summed E-state index contributed by atoms with van der Waals surface area (Å²) in [6.07, 6.45) is 8.96. The molecule has 4 aromatic rings. The van der Waals surface area contributed by atoms with Crippen LogP contribution in [0, 0.1) is 55.4 Å². The van der Waals surface area contributed by atoms with E-state index in [1.807, 2.05) is 45.9 Å². The molecule has 4 aliphatic carbocycles. The minimum Gasteiger partial charge on any atom is -0.512 e. The molecule has 4 aliphatic rings. The van der Waals surface area contributed by atoms with Gasteiger partial charge in [-0.25, -0.2) is 4.98 Å². The van der Waals surface area contributed by atoms with Crippen molar-refractivity contribution in [3.05, 3.63) is 83.4 Å². The molecule has 4 nitrogen and oxygen atoms in total. The predicted octanol–water partition coefficient (Wildman–Crippen LogP) is 9.43. The minimum atomic E-state index is -0.393. The topological polar surface area (TPSA) is 63.1 Å². The third-order valence-electron chi connectivity index (χ3n) is 9.91. The van der Waals surface area contributed by atoms with Crippen LogP contribution in [0.5, 0.6) is 0 Å². The Bertz CT molecular complexity index is 1670. The van der Waals surface area contributed by atoms with Gasteiger partial charge in [0.1, 0.15) is 11.6 Å². The number of fused-ring (bicyclic) bond motifs is 3. The number of hydrogen-bond donors (Lipinski definition) is 1. The number of carbonyl (C=O) groups excluding carboxylic acids is 1. The van der Waals surface area contributed by atoms with Crippen molar-refractivity contribution in [3.8, 4) is 11.3 Å². The Balaban J connectivity index is 0.000000170. The van der Waals surface area contributed by atoms with Gasteiger partial charge in [-0.2, -0.15) is 0 Å². The minimum absolute atomic E-state index is 0. The van der Waals surface area contributed by atoms with Gasteiger partial charge in [0.15, 0.2) is 5.78 Å². The zero-order valence-electron chi connectivity index (χ0n) is 26.3. The summed E-state index contributed by atoms with van der Waals surface area (Å²) < 4.78 is 0. The summed E-state index contributed by atoms with van der Waals surface area (Å²) in [6, 6.07) is 19.9. The van der Waals surface area contributed by atoms with Gasteiger partial charge in [0.2, 0.25) is 0 Å². The molecule has 1 N–H and O–H groups in total. The van der Waals surface area contributed by atoms with Gasteiger partial charge in [0.05, 0.1) is 5.52 Å². The van der Waals surface area contributed by atoms with Gasteiger partial charge in [-0.15, -0.1) is 35.9 Å². The SMILES string of the molecule is CC(C)(C)C(=O)/C=C(\O)C12CC3CC(CC(C3)C1)C2.Cc1nc(-c2[c-]cccc2)c2cc(C)c3cccc(C)c3c2n1.[Ir]. The van der Waals surface area contributed by atoms with Crippen molar-refractivity contribution in [1.82, 2.24) is 9.97 Å². The van der Waals surface area contributed by atoms with Gasteiger partial charge in [0.25, 0.3) is 0 Å². The molecule has 0 amide bonds. The van der Waals surface area contributed by atoms with Crippen LogP contribution in [0.2, 0.25) is 0 Å². The molecule has 8 rings (SSSR count). The first-order chi connectivity index (χ1) is 19.9. The Morgan fingerprint density at radius 3 is 2.14 bits per heavy atom. The zero-order chi connectivity index (χ0) is 29.8.